The van der Waals surface area contributed by atoms with Crippen molar-refractivity contribution in [2.45, 2.75) is 51.9 Å². The van der Waals surface area contributed by atoms with Crippen molar-refractivity contribution in [1.82, 2.24) is 0 Å². The number of allylic oxidation sites excluding steroid dienone is 4. The van der Waals surface area contributed by atoms with E-state index in [2.05, 4.69) is 25.2 Å². The number of hydrogen-bond acceptors (Lipinski definition) is 0. The third kappa shape index (κ3) is 2.29. The van der Waals surface area contributed by atoms with Gasteiger partial charge in [-0.1, -0.05) is 50.8 Å². The lowest BCUT2D eigenvalue weighted by atomic mass is 9.97. The maximum atomic E-state index is 2.45. The quantitative estimate of drug-likeness (QED) is 0.613. The molecule has 1 radical (unpaired) electrons. The summed E-state index contributed by atoms with van der Waals surface area (Å²) >= 11 is 0. The fraction of sp³-hybridized carbons (Fsp3) is 0.643. The molecule has 0 aromatic heterocycles. The fourth-order valence-corrected chi connectivity index (χ4v) is 2.56. The Labute approximate surface area is 88.1 Å². The lowest BCUT2D eigenvalue weighted by molar-refractivity contribution is 0.657. The molecule has 0 saturated heterocycles. The second kappa shape index (κ2) is 4.82. The van der Waals surface area contributed by atoms with E-state index in [9.17, 15) is 0 Å². The van der Waals surface area contributed by atoms with E-state index in [4.69, 9.17) is 0 Å². The molecule has 1 fully saturated rings. The summed E-state index contributed by atoms with van der Waals surface area (Å²) in [4.78, 5) is 0. The Hall–Kier alpha value is -0.520. The molecule has 0 atom stereocenters. The molecule has 0 nitrogen and oxygen atoms in total. The maximum Gasteiger partial charge on any atom is 0.0196 e. The predicted octanol–water partition coefficient (Wildman–Crippen LogP) is 4.44. The molecule has 14 heavy (non-hydrogen) atoms. The summed E-state index contributed by atoms with van der Waals surface area (Å²) in [6.45, 7) is 2.26. The molecule has 0 heterocycles. The first-order valence-corrected chi connectivity index (χ1v) is 6.15. The first-order valence-electron chi connectivity index (χ1n) is 6.15. The molecule has 0 N–H and O–H groups in total. The zero-order valence-electron chi connectivity index (χ0n) is 9.26. The Bertz CT molecular complexity index is 228. The van der Waals surface area contributed by atoms with Gasteiger partial charge >= 0.3 is 0 Å². The largest absolute Gasteiger partial charge is 0.0731 e. The standard InChI is InChI=1S/C14H21/c1-2-3-6-12-9-10-14(11-12)13-7-4-5-8-13/h9-11,13H,2-8H2,1H3. The van der Waals surface area contributed by atoms with E-state index in [0.717, 1.165) is 5.92 Å². The Morgan fingerprint density at radius 3 is 2.71 bits per heavy atom. The van der Waals surface area contributed by atoms with Crippen molar-refractivity contribution >= 4 is 0 Å². The highest BCUT2D eigenvalue weighted by atomic mass is 14.3. The molecule has 2 aliphatic carbocycles. The van der Waals surface area contributed by atoms with Gasteiger partial charge in [0.25, 0.3) is 0 Å². The van der Waals surface area contributed by atoms with Crippen molar-refractivity contribution in [3.63, 3.8) is 0 Å². The van der Waals surface area contributed by atoms with Crippen molar-refractivity contribution in [2.24, 2.45) is 5.92 Å². The van der Waals surface area contributed by atoms with Crippen LogP contribution in [0.15, 0.2) is 23.8 Å². The highest BCUT2D eigenvalue weighted by Crippen LogP contribution is 2.36. The lowest BCUT2D eigenvalue weighted by Gasteiger charge is -2.08. The zero-order valence-corrected chi connectivity index (χ0v) is 9.26. The van der Waals surface area contributed by atoms with Gasteiger partial charge in [-0.15, -0.1) is 0 Å². The first-order chi connectivity index (χ1) is 6.90. The van der Waals surface area contributed by atoms with Gasteiger partial charge in [-0.2, -0.15) is 0 Å². The third-order valence-electron chi connectivity index (χ3n) is 3.49. The van der Waals surface area contributed by atoms with Crippen molar-refractivity contribution in [1.29, 1.82) is 0 Å². The number of rotatable bonds is 4. The zero-order chi connectivity index (χ0) is 9.80. The van der Waals surface area contributed by atoms with Crippen LogP contribution in [0.4, 0.5) is 0 Å². The average Bonchev–Trinajstić information content (AvgIpc) is 2.85. The van der Waals surface area contributed by atoms with Crippen LogP contribution in [-0.2, 0) is 0 Å². The Morgan fingerprint density at radius 1 is 1.21 bits per heavy atom. The minimum atomic E-state index is 0.894. The lowest BCUT2D eigenvalue weighted by Crippen LogP contribution is -1.94. The van der Waals surface area contributed by atoms with Crippen LogP contribution in [0, 0.1) is 11.8 Å². The topological polar surface area (TPSA) is 0 Å². The Kier molecular flexibility index (Phi) is 3.44. The molecule has 0 heteroatoms. The average molecular weight is 189 g/mol. The van der Waals surface area contributed by atoms with Crippen LogP contribution in [0.3, 0.4) is 0 Å². The summed E-state index contributed by atoms with van der Waals surface area (Å²) in [5.74, 6) is 2.46. The van der Waals surface area contributed by atoms with Gasteiger partial charge in [0.1, 0.15) is 0 Å². The van der Waals surface area contributed by atoms with Crippen LogP contribution in [0.1, 0.15) is 51.9 Å². The second-order valence-corrected chi connectivity index (χ2v) is 4.64. The van der Waals surface area contributed by atoms with E-state index in [1.54, 1.807) is 11.5 Å². The summed E-state index contributed by atoms with van der Waals surface area (Å²) < 4.78 is 0. The van der Waals surface area contributed by atoms with Crippen LogP contribution in [0.5, 0.6) is 0 Å². The van der Waals surface area contributed by atoms with Crippen LogP contribution in [-0.4, -0.2) is 0 Å². The molecule has 0 aliphatic heterocycles. The van der Waals surface area contributed by atoms with E-state index >= 15 is 0 Å². The van der Waals surface area contributed by atoms with Crippen LogP contribution in [0.25, 0.3) is 0 Å². The van der Waals surface area contributed by atoms with Crippen LogP contribution in [0.2, 0.25) is 0 Å². The maximum absolute atomic E-state index is 2.45. The van der Waals surface area contributed by atoms with Gasteiger partial charge in [0.2, 0.25) is 0 Å². The second-order valence-electron chi connectivity index (χ2n) is 4.64. The smallest absolute Gasteiger partial charge is 0.0196 e. The molecule has 0 unspecified atom stereocenters. The summed E-state index contributed by atoms with van der Waals surface area (Å²) in [6, 6.07) is 0. The van der Waals surface area contributed by atoms with Gasteiger partial charge < -0.3 is 0 Å². The van der Waals surface area contributed by atoms with E-state index in [0.29, 0.717) is 0 Å². The third-order valence-corrected chi connectivity index (χ3v) is 3.49. The highest BCUT2D eigenvalue weighted by molar-refractivity contribution is 5.42. The van der Waals surface area contributed by atoms with E-state index in [1.807, 2.05) is 0 Å². The number of unbranched alkanes of at least 4 members (excludes halogenated alkanes) is 1. The summed E-state index contributed by atoms with van der Waals surface area (Å²) in [6.07, 6.45) is 16.8. The van der Waals surface area contributed by atoms with E-state index < -0.39 is 0 Å². The van der Waals surface area contributed by atoms with Crippen molar-refractivity contribution in [2.75, 3.05) is 0 Å². The molecular weight excluding hydrogens is 168 g/mol. The van der Waals surface area contributed by atoms with E-state index in [1.165, 1.54) is 44.9 Å². The van der Waals surface area contributed by atoms with Gasteiger partial charge in [-0.25, -0.2) is 0 Å². The van der Waals surface area contributed by atoms with Gasteiger partial charge in [0.15, 0.2) is 0 Å². The molecule has 0 bridgehead atoms. The number of hydrogen-bond donors (Lipinski definition) is 0. The summed E-state index contributed by atoms with van der Waals surface area (Å²) in [5.41, 5.74) is 1.62. The Balaban J connectivity index is 1.86. The molecule has 2 rings (SSSR count). The van der Waals surface area contributed by atoms with E-state index in [-0.39, 0.29) is 0 Å². The molecule has 0 aromatic carbocycles. The molecule has 0 spiro atoms. The molecule has 77 valence electrons. The summed E-state index contributed by atoms with van der Waals surface area (Å²) in [5, 5.41) is 0. The van der Waals surface area contributed by atoms with Gasteiger partial charge in [-0.05, 0) is 30.8 Å². The highest BCUT2D eigenvalue weighted by Gasteiger charge is 2.21. The molecular formula is C14H21. The normalized spacial score (nSPS) is 23.4. The molecule has 0 aromatic rings. The molecule has 2 aliphatic rings. The van der Waals surface area contributed by atoms with Crippen molar-refractivity contribution in [3.05, 3.63) is 29.7 Å². The Morgan fingerprint density at radius 2 is 2.00 bits per heavy atom. The van der Waals surface area contributed by atoms with Crippen LogP contribution >= 0.6 is 0 Å². The molecule has 1 saturated carbocycles. The van der Waals surface area contributed by atoms with Gasteiger partial charge in [0, 0.05) is 5.92 Å². The minimum absolute atomic E-state index is 0.894. The monoisotopic (exact) mass is 189 g/mol. The van der Waals surface area contributed by atoms with Crippen molar-refractivity contribution < 1.29 is 0 Å². The molecule has 0 amide bonds. The SMILES string of the molecule is CCCC[C]1C=CC(C2CCCC2)=C1. The van der Waals surface area contributed by atoms with Crippen LogP contribution < -0.4 is 0 Å². The fourth-order valence-electron chi connectivity index (χ4n) is 2.56. The van der Waals surface area contributed by atoms with Gasteiger partial charge in [0.05, 0.1) is 0 Å². The predicted molar refractivity (Wildman–Crippen MR) is 61.9 cm³/mol. The van der Waals surface area contributed by atoms with Gasteiger partial charge in [-0.3, -0.25) is 0 Å². The van der Waals surface area contributed by atoms with Crippen molar-refractivity contribution in [3.8, 4) is 0 Å². The minimum Gasteiger partial charge on any atom is -0.0731 e. The summed E-state index contributed by atoms with van der Waals surface area (Å²) in [7, 11) is 0. The first kappa shape index (κ1) is 10.0.